The van der Waals surface area contributed by atoms with E-state index in [2.05, 4.69) is 15.3 Å². The summed E-state index contributed by atoms with van der Waals surface area (Å²) in [6.45, 7) is 1.70. The SMILES string of the molecule is COc1cc2ncnc(Nc3cccc(Cl)c3F)c2cc1O[C@@H]1C[C@@H](C(=O)N2CCC(O)CC2)N(C)C1. The normalized spacial score (nSPS) is 20.8. The molecule has 2 atom stereocenters. The van der Waals surface area contributed by atoms with Gasteiger partial charge in [0, 0.05) is 37.5 Å². The number of anilines is 2. The van der Waals surface area contributed by atoms with E-state index >= 15 is 0 Å². The Balaban J connectivity index is 1.37. The van der Waals surface area contributed by atoms with Crippen LogP contribution in [-0.4, -0.2) is 82.8 Å². The smallest absolute Gasteiger partial charge is 0.240 e. The van der Waals surface area contributed by atoms with Gasteiger partial charge in [-0.2, -0.15) is 0 Å². The maximum absolute atomic E-state index is 14.5. The number of rotatable bonds is 6. The van der Waals surface area contributed by atoms with E-state index < -0.39 is 5.82 Å². The second kappa shape index (κ2) is 10.6. The fraction of sp³-hybridized carbons (Fsp3) is 0.423. The van der Waals surface area contributed by atoms with Crippen LogP contribution in [0.3, 0.4) is 0 Å². The first-order chi connectivity index (χ1) is 17.8. The van der Waals surface area contributed by atoms with Crippen LogP contribution in [0.5, 0.6) is 11.5 Å². The quantitative estimate of drug-likeness (QED) is 0.499. The van der Waals surface area contributed by atoms with Crippen LogP contribution in [-0.2, 0) is 4.79 Å². The van der Waals surface area contributed by atoms with Crippen LogP contribution in [0.15, 0.2) is 36.7 Å². The number of nitrogens with zero attached hydrogens (tertiary/aromatic N) is 4. The van der Waals surface area contributed by atoms with Crippen molar-refractivity contribution in [2.45, 2.75) is 37.5 Å². The van der Waals surface area contributed by atoms with E-state index in [4.69, 9.17) is 21.1 Å². The number of ether oxygens (including phenoxy) is 2. The first-order valence-corrected chi connectivity index (χ1v) is 12.6. The number of hydrogen-bond acceptors (Lipinski definition) is 8. The monoisotopic (exact) mass is 529 g/mol. The average Bonchev–Trinajstić information content (AvgIpc) is 3.26. The number of hydrogen-bond donors (Lipinski definition) is 2. The van der Waals surface area contributed by atoms with Gasteiger partial charge in [0.15, 0.2) is 17.3 Å². The highest BCUT2D eigenvalue weighted by molar-refractivity contribution is 6.31. The molecule has 1 amide bonds. The highest BCUT2D eigenvalue weighted by Crippen LogP contribution is 2.37. The van der Waals surface area contributed by atoms with Gasteiger partial charge in [-0.05, 0) is 38.1 Å². The molecule has 196 valence electrons. The Morgan fingerprint density at radius 2 is 2.00 bits per heavy atom. The Kier molecular flexibility index (Phi) is 7.32. The zero-order valence-electron chi connectivity index (χ0n) is 20.7. The van der Waals surface area contributed by atoms with Crippen molar-refractivity contribution in [3.63, 3.8) is 0 Å². The van der Waals surface area contributed by atoms with Crippen LogP contribution in [0.4, 0.5) is 15.9 Å². The van der Waals surface area contributed by atoms with E-state index in [1.165, 1.54) is 12.4 Å². The van der Waals surface area contributed by atoms with Crippen LogP contribution in [0.2, 0.25) is 5.02 Å². The molecular weight excluding hydrogens is 501 g/mol. The maximum atomic E-state index is 14.5. The number of nitrogens with one attached hydrogen (secondary N) is 1. The number of carbonyl (C=O) groups is 1. The molecule has 0 spiro atoms. The summed E-state index contributed by atoms with van der Waals surface area (Å²) in [4.78, 5) is 25.6. The highest BCUT2D eigenvalue weighted by Gasteiger charge is 2.39. The third-order valence-electron chi connectivity index (χ3n) is 6.99. The zero-order chi connectivity index (χ0) is 26.1. The largest absolute Gasteiger partial charge is 0.493 e. The summed E-state index contributed by atoms with van der Waals surface area (Å²) in [5.41, 5.74) is 0.780. The number of aliphatic hydroxyl groups excluding tert-OH is 1. The van der Waals surface area contributed by atoms with Gasteiger partial charge in [-0.3, -0.25) is 9.69 Å². The van der Waals surface area contributed by atoms with Crippen LogP contribution >= 0.6 is 11.6 Å². The second-order valence-corrected chi connectivity index (χ2v) is 9.86. The van der Waals surface area contributed by atoms with Gasteiger partial charge < -0.3 is 24.8 Å². The first kappa shape index (κ1) is 25.4. The van der Waals surface area contributed by atoms with Gasteiger partial charge in [-0.1, -0.05) is 17.7 Å². The summed E-state index contributed by atoms with van der Waals surface area (Å²) in [6.07, 6.45) is 2.55. The van der Waals surface area contributed by atoms with Gasteiger partial charge in [-0.25, -0.2) is 14.4 Å². The van der Waals surface area contributed by atoms with Crippen LogP contribution < -0.4 is 14.8 Å². The van der Waals surface area contributed by atoms with Crippen molar-refractivity contribution in [1.82, 2.24) is 19.8 Å². The minimum absolute atomic E-state index is 0.00393. The number of aliphatic hydroxyl groups is 1. The van der Waals surface area contributed by atoms with Crippen LogP contribution in [0, 0.1) is 5.82 Å². The summed E-state index contributed by atoms with van der Waals surface area (Å²) in [5, 5.41) is 13.4. The standard InChI is InChI=1S/C26H29ClFN5O4/c1-32-13-16(10-21(32)26(35)33-8-6-15(34)7-9-33)37-23-11-17-20(12-22(23)36-2)29-14-30-25(17)31-19-5-3-4-18(27)24(19)28/h3-5,11-12,14-16,21,34H,6-10,13H2,1-2H3,(H,29,30,31)/t16-,21+/m1/s1. The summed E-state index contributed by atoms with van der Waals surface area (Å²) in [6, 6.07) is 7.91. The van der Waals surface area contributed by atoms with E-state index in [9.17, 15) is 14.3 Å². The minimum Gasteiger partial charge on any atom is -0.493 e. The van der Waals surface area contributed by atoms with E-state index in [0.29, 0.717) is 67.1 Å². The van der Waals surface area contributed by atoms with E-state index in [1.807, 2.05) is 16.8 Å². The molecule has 2 N–H and O–H groups in total. The molecule has 3 heterocycles. The number of likely N-dealkylation sites (tertiary alicyclic amines) is 2. The van der Waals surface area contributed by atoms with Crippen LogP contribution in [0.25, 0.3) is 10.9 Å². The lowest BCUT2D eigenvalue weighted by Crippen LogP contribution is -2.48. The van der Waals surface area contributed by atoms with Gasteiger partial charge in [0.25, 0.3) is 0 Å². The number of methoxy groups -OCH3 is 1. The maximum Gasteiger partial charge on any atom is 0.240 e. The Morgan fingerprint density at radius 1 is 1.22 bits per heavy atom. The number of aromatic nitrogens is 2. The molecule has 0 saturated carbocycles. The molecule has 2 aliphatic rings. The topological polar surface area (TPSA) is 100 Å². The van der Waals surface area contributed by atoms with Crippen molar-refractivity contribution >= 4 is 39.9 Å². The lowest BCUT2D eigenvalue weighted by molar-refractivity contribution is -0.137. The number of likely N-dealkylation sites (N-methyl/N-ethyl adjacent to an activating group) is 1. The predicted octanol–water partition coefficient (Wildman–Crippen LogP) is 3.61. The molecule has 37 heavy (non-hydrogen) atoms. The fourth-order valence-electron chi connectivity index (χ4n) is 4.95. The van der Waals surface area contributed by atoms with Crippen molar-refractivity contribution in [2.24, 2.45) is 0 Å². The molecule has 3 aromatic rings. The van der Waals surface area contributed by atoms with Crippen molar-refractivity contribution in [3.8, 4) is 11.5 Å². The van der Waals surface area contributed by atoms with Crippen molar-refractivity contribution < 1.29 is 23.8 Å². The molecule has 9 nitrogen and oxygen atoms in total. The number of piperidine rings is 1. The predicted molar refractivity (Wildman–Crippen MR) is 138 cm³/mol. The second-order valence-electron chi connectivity index (χ2n) is 9.46. The summed E-state index contributed by atoms with van der Waals surface area (Å²) in [7, 11) is 3.46. The third-order valence-corrected chi connectivity index (χ3v) is 7.28. The number of halogens is 2. The van der Waals surface area contributed by atoms with Gasteiger partial charge in [0.2, 0.25) is 5.91 Å². The Morgan fingerprint density at radius 3 is 2.76 bits per heavy atom. The van der Waals surface area contributed by atoms with Crippen molar-refractivity contribution in [1.29, 1.82) is 0 Å². The molecule has 2 fully saturated rings. The number of fused-ring (bicyclic) bond motifs is 1. The lowest BCUT2D eigenvalue weighted by Gasteiger charge is -2.33. The van der Waals surface area contributed by atoms with Crippen molar-refractivity contribution in [3.05, 3.63) is 47.5 Å². The van der Waals surface area contributed by atoms with Gasteiger partial charge in [0.1, 0.15) is 18.2 Å². The molecule has 11 heteroatoms. The summed E-state index contributed by atoms with van der Waals surface area (Å²) < 4.78 is 26.4. The molecule has 2 aliphatic heterocycles. The molecule has 2 aromatic carbocycles. The van der Waals surface area contributed by atoms with Crippen LogP contribution in [0.1, 0.15) is 19.3 Å². The number of benzene rings is 2. The van der Waals surface area contributed by atoms with E-state index in [-0.39, 0.29) is 34.9 Å². The van der Waals surface area contributed by atoms with Gasteiger partial charge in [0.05, 0.1) is 35.5 Å². The molecule has 0 bridgehead atoms. The summed E-state index contributed by atoms with van der Waals surface area (Å²) in [5.74, 6) is 0.853. The minimum atomic E-state index is -0.575. The van der Waals surface area contributed by atoms with Gasteiger partial charge >= 0.3 is 0 Å². The Labute approximate surface area is 219 Å². The molecule has 5 rings (SSSR count). The molecule has 1 aromatic heterocycles. The molecular formula is C26H29ClFN5O4. The third kappa shape index (κ3) is 5.27. The average molecular weight is 530 g/mol. The zero-order valence-corrected chi connectivity index (χ0v) is 21.4. The molecule has 0 aliphatic carbocycles. The first-order valence-electron chi connectivity index (χ1n) is 12.2. The molecule has 0 unspecified atom stereocenters. The Bertz CT molecular complexity index is 1300. The van der Waals surface area contributed by atoms with E-state index in [0.717, 1.165) is 0 Å². The Hall–Kier alpha value is -3.21. The lowest BCUT2D eigenvalue weighted by atomic mass is 10.1. The number of amides is 1. The molecule has 2 saturated heterocycles. The summed E-state index contributed by atoms with van der Waals surface area (Å²) >= 11 is 5.93. The van der Waals surface area contributed by atoms with Crippen molar-refractivity contribution in [2.75, 3.05) is 39.1 Å². The molecule has 0 radical (unpaired) electrons. The highest BCUT2D eigenvalue weighted by atomic mass is 35.5. The van der Waals surface area contributed by atoms with Gasteiger partial charge in [-0.15, -0.1) is 0 Å². The fourth-order valence-corrected chi connectivity index (χ4v) is 5.12. The number of carbonyl (C=O) groups excluding carboxylic acids is 1. The van der Waals surface area contributed by atoms with E-state index in [1.54, 1.807) is 31.4 Å².